The Morgan fingerprint density at radius 3 is 2.46 bits per heavy atom. The number of furan rings is 1. The fourth-order valence-corrected chi connectivity index (χ4v) is 1.70. The summed E-state index contributed by atoms with van der Waals surface area (Å²) in [6.07, 6.45) is 0.467. The van der Waals surface area contributed by atoms with E-state index in [0.717, 1.165) is 11.2 Å². The SMILES string of the molecule is CC(=O)C(Br)C(=O)Nc1occ(N(C)C(=O)OC(C)(C)C)c1C#N. The number of ether oxygens (including phenoxy) is 1. The number of ketones is 1. The number of halogens is 1. The maximum Gasteiger partial charge on any atom is 0.414 e. The summed E-state index contributed by atoms with van der Waals surface area (Å²) in [5, 5.41) is 11.6. The summed E-state index contributed by atoms with van der Waals surface area (Å²) in [5.41, 5.74) is -0.625. The van der Waals surface area contributed by atoms with Crippen LogP contribution in [0.2, 0.25) is 0 Å². The van der Waals surface area contributed by atoms with Crippen molar-refractivity contribution < 1.29 is 23.5 Å². The van der Waals surface area contributed by atoms with E-state index in [1.165, 1.54) is 14.0 Å². The van der Waals surface area contributed by atoms with Gasteiger partial charge >= 0.3 is 6.09 Å². The van der Waals surface area contributed by atoms with E-state index in [9.17, 15) is 19.6 Å². The molecular formula is C15H18BrN3O5. The highest BCUT2D eigenvalue weighted by molar-refractivity contribution is 9.10. The van der Waals surface area contributed by atoms with Gasteiger partial charge in [0.05, 0.1) is 0 Å². The summed E-state index contributed by atoms with van der Waals surface area (Å²) in [4.78, 5) is 35.2. The Bertz CT molecular complexity index is 699. The first-order valence-corrected chi connectivity index (χ1v) is 7.83. The molecule has 1 aromatic rings. The molecule has 1 aromatic heterocycles. The molecule has 130 valence electrons. The number of carbonyl (C=O) groups excluding carboxylic acids is 3. The van der Waals surface area contributed by atoms with Crippen LogP contribution in [0.15, 0.2) is 10.7 Å². The Morgan fingerprint density at radius 2 is 2.00 bits per heavy atom. The molecular weight excluding hydrogens is 382 g/mol. The Hall–Kier alpha value is -2.34. The molecule has 9 heteroatoms. The molecule has 0 aliphatic rings. The van der Waals surface area contributed by atoms with Gasteiger partial charge in [-0.3, -0.25) is 19.8 Å². The third-order valence-corrected chi connectivity index (χ3v) is 3.80. The quantitative estimate of drug-likeness (QED) is 0.614. The lowest BCUT2D eigenvalue weighted by Crippen LogP contribution is -2.34. The third-order valence-electron chi connectivity index (χ3n) is 2.74. The number of hydrogen-bond acceptors (Lipinski definition) is 6. The Morgan fingerprint density at radius 1 is 1.42 bits per heavy atom. The van der Waals surface area contributed by atoms with Crippen molar-refractivity contribution in [2.75, 3.05) is 17.3 Å². The van der Waals surface area contributed by atoms with E-state index in [0.29, 0.717) is 0 Å². The predicted octanol–water partition coefficient (Wildman–Crippen LogP) is 2.81. The maximum absolute atomic E-state index is 12.1. The number of anilines is 2. The fraction of sp³-hybridized carbons (Fsp3) is 0.467. The smallest absolute Gasteiger partial charge is 0.414 e. The van der Waals surface area contributed by atoms with Crippen LogP contribution in [0.1, 0.15) is 33.3 Å². The molecule has 0 spiro atoms. The minimum atomic E-state index is -1.07. The number of rotatable bonds is 4. The van der Waals surface area contributed by atoms with E-state index in [4.69, 9.17) is 9.15 Å². The Balaban J connectivity index is 3.03. The molecule has 2 amide bonds. The van der Waals surface area contributed by atoms with E-state index < -0.39 is 28.2 Å². The van der Waals surface area contributed by atoms with Crippen LogP contribution in [0.4, 0.5) is 16.4 Å². The van der Waals surface area contributed by atoms with Crippen LogP contribution in [0.3, 0.4) is 0 Å². The van der Waals surface area contributed by atoms with Gasteiger partial charge in [0, 0.05) is 7.05 Å². The zero-order chi connectivity index (χ0) is 18.7. The van der Waals surface area contributed by atoms with Crippen LogP contribution in [0.5, 0.6) is 0 Å². The molecule has 1 rings (SSSR count). The first kappa shape index (κ1) is 19.7. The number of nitrogens with one attached hydrogen (secondary N) is 1. The average Bonchev–Trinajstić information content (AvgIpc) is 2.85. The van der Waals surface area contributed by atoms with Crippen LogP contribution in [-0.4, -0.2) is 35.3 Å². The summed E-state index contributed by atoms with van der Waals surface area (Å²) in [6, 6.07) is 1.86. The molecule has 0 aliphatic carbocycles. The number of alkyl halides is 1. The zero-order valence-electron chi connectivity index (χ0n) is 14.0. The normalized spacial score (nSPS) is 12.0. The van der Waals surface area contributed by atoms with E-state index >= 15 is 0 Å². The lowest BCUT2D eigenvalue weighted by Gasteiger charge is -2.23. The number of nitrogens with zero attached hydrogens (tertiary/aromatic N) is 2. The van der Waals surface area contributed by atoms with Gasteiger partial charge in [0.15, 0.2) is 10.6 Å². The summed E-state index contributed by atoms with van der Waals surface area (Å²) in [6.45, 7) is 6.38. The third kappa shape index (κ3) is 4.83. The van der Waals surface area contributed by atoms with Crippen molar-refractivity contribution in [1.82, 2.24) is 0 Å². The van der Waals surface area contributed by atoms with Crippen LogP contribution < -0.4 is 10.2 Å². The first-order chi connectivity index (χ1) is 11.0. The van der Waals surface area contributed by atoms with Gasteiger partial charge in [-0.1, -0.05) is 15.9 Å². The lowest BCUT2D eigenvalue weighted by molar-refractivity contribution is -0.123. The molecule has 0 radical (unpaired) electrons. The highest BCUT2D eigenvalue weighted by Gasteiger charge is 2.27. The molecule has 0 fully saturated rings. The molecule has 0 bridgehead atoms. The predicted molar refractivity (Wildman–Crippen MR) is 90.1 cm³/mol. The van der Waals surface area contributed by atoms with Crippen LogP contribution in [0.25, 0.3) is 0 Å². The van der Waals surface area contributed by atoms with E-state index in [-0.39, 0.29) is 17.1 Å². The summed E-state index contributed by atoms with van der Waals surface area (Å²) in [5.74, 6) is -1.23. The van der Waals surface area contributed by atoms with Gasteiger partial charge in [0.2, 0.25) is 11.8 Å². The highest BCUT2D eigenvalue weighted by Crippen LogP contribution is 2.30. The molecule has 24 heavy (non-hydrogen) atoms. The van der Waals surface area contributed by atoms with E-state index in [1.54, 1.807) is 20.8 Å². The van der Waals surface area contributed by atoms with Crippen LogP contribution in [-0.2, 0) is 14.3 Å². The zero-order valence-corrected chi connectivity index (χ0v) is 15.6. The van der Waals surface area contributed by atoms with Crippen molar-refractivity contribution in [2.45, 2.75) is 38.1 Å². The van der Waals surface area contributed by atoms with Gasteiger partial charge < -0.3 is 9.15 Å². The number of hydrogen-bond donors (Lipinski definition) is 1. The number of nitriles is 1. The molecule has 1 heterocycles. The van der Waals surface area contributed by atoms with Crippen molar-refractivity contribution in [3.63, 3.8) is 0 Å². The van der Waals surface area contributed by atoms with Crippen molar-refractivity contribution in [1.29, 1.82) is 5.26 Å². The van der Waals surface area contributed by atoms with Gasteiger partial charge in [0.1, 0.15) is 29.2 Å². The van der Waals surface area contributed by atoms with Gasteiger partial charge in [0.25, 0.3) is 0 Å². The highest BCUT2D eigenvalue weighted by atomic mass is 79.9. The van der Waals surface area contributed by atoms with Crippen molar-refractivity contribution in [3.8, 4) is 6.07 Å². The molecule has 8 nitrogen and oxygen atoms in total. The molecule has 0 saturated heterocycles. The van der Waals surface area contributed by atoms with Crippen LogP contribution >= 0.6 is 15.9 Å². The second-order valence-corrected chi connectivity index (χ2v) is 6.85. The fourth-order valence-electron chi connectivity index (χ4n) is 1.58. The number of carbonyl (C=O) groups is 3. The van der Waals surface area contributed by atoms with Crippen molar-refractivity contribution >= 4 is 45.3 Å². The standard InChI is InChI=1S/C15H18BrN3O5/c1-8(20)11(16)12(21)18-13-9(6-17)10(7-23-13)19(5)14(22)24-15(2,3)4/h7,11H,1-5H3,(H,18,21). The van der Waals surface area contributed by atoms with E-state index in [2.05, 4.69) is 21.2 Å². The summed E-state index contributed by atoms with van der Waals surface area (Å²) < 4.78 is 10.4. The second-order valence-electron chi connectivity index (χ2n) is 5.94. The molecule has 0 aromatic carbocycles. The van der Waals surface area contributed by atoms with Gasteiger partial charge in [-0.25, -0.2) is 4.79 Å². The molecule has 0 aliphatic heterocycles. The molecule has 0 saturated carbocycles. The lowest BCUT2D eigenvalue weighted by atomic mass is 10.2. The maximum atomic E-state index is 12.1. The topological polar surface area (TPSA) is 113 Å². The summed E-state index contributed by atoms with van der Waals surface area (Å²) >= 11 is 2.93. The van der Waals surface area contributed by atoms with E-state index in [1.807, 2.05) is 6.07 Å². The van der Waals surface area contributed by atoms with Gasteiger partial charge in [-0.2, -0.15) is 5.26 Å². The monoisotopic (exact) mass is 399 g/mol. The van der Waals surface area contributed by atoms with Gasteiger partial charge in [-0.15, -0.1) is 0 Å². The van der Waals surface area contributed by atoms with Crippen molar-refractivity contribution in [2.24, 2.45) is 0 Å². The van der Waals surface area contributed by atoms with Crippen molar-refractivity contribution in [3.05, 3.63) is 11.8 Å². The minimum absolute atomic E-state index is 0.0556. The Kier molecular flexibility index (Phi) is 6.15. The molecule has 1 unspecified atom stereocenters. The molecule has 1 N–H and O–H groups in total. The van der Waals surface area contributed by atoms with Gasteiger partial charge in [-0.05, 0) is 27.7 Å². The minimum Gasteiger partial charge on any atom is -0.445 e. The number of Topliss-reactive ketones (excluding diaryl/α,β-unsaturated/α-hetero) is 1. The largest absolute Gasteiger partial charge is 0.445 e. The summed E-state index contributed by atoms with van der Waals surface area (Å²) in [7, 11) is 1.41. The number of amides is 2. The average molecular weight is 400 g/mol. The van der Waals surface area contributed by atoms with Crippen LogP contribution in [0, 0.1) is 11.3 Å². The Labute approximate surface area is 147 Å². The molecule has 1 atom stereocenters. The first-order valence-electron chi connectivity index (χ1n) is 6.91. The second kappa shape index (κ2) is 7.49.